The molecule has 0 aliphatic heterocycles. The SMILES string of the molecule is OCC(O)CNc1cc(C(F)(F)F)ccc1-n1nc(C(F)(F)F)c2c1CCCC2. The monoisotopic (exact) mass is 423 g/mol. The highest BCUT2D eigenvalue weighted by Crippen LogP contribution is 2.39. The minimum atomic E-state index is -4.68. The maximum atomic E-state index is 13.4. The number of nitrogens with zero attached hydrogens (tertiary/aromatic N) is 2. The quantitative estimate of drug-likeness (QED) is 0.644. The maximum absolute atomic E-state index is 13.4. The van der Waals surface area contributed by atoms with Gasteiger partial charge in [0.2, 0.25) is 0 Å². The van der Waals surface area contributed by atoms with Crippen molar-refractivity contribution in [1.82, 2.24) is 9.78 Å². The first kappa shape index (κ1) is 21.4. The highest BCUT2D eigenvalue weighted by atomic mass is 19.4. The van der Waals surface area contributed by atoms with Gasteiger partial charge in [0.15, 0.2) is 5.69 Å². The second-order valence-corrected chi connectivity index (χ2v) is 6.84. The van der Waals surface area contributed by atoms with Gasteiger partial charge in [-0.25, -0.2) is 4.68 Å². The molecule has 29 heavy (non-hydrogen) atoms. The van der Waals surface area contributed by atoms with Crippen molar-refractivity contribution in [2.24, 2.45) is 0 Å². The lowest BCUT2D eigenvalue weighted by Crippen LogP contribution is -2.24. The second kappa shape index (κ2) is 7.86. The standard InChI is InChI=1S/C18H19F6N3O2/c19-17(20,21)10-5-6-15(13(7-10)25-8-11(29)9-28)27-14-4-2-1-3-12(14)16(26-27)18(22,23)24/h5-7,11,25,28-29H,1-4,8-9H2. The van der Waals surface area contributed by atoms with Crippen LogP contribution in [0.5, 0.6) is 0 Å². The molecule has 1 heterocycles. The number of hydrogen-bond acceptors (Lipinski definition) is 4. The number of aliphatic hydroxyl groups is 2. The van der Waals surface area contributed by atoms with Crippen LogP contribution >= 0.6 is 0 Å². The summed E-state index contributed by atoms with van der Waals surface area (Å²) in [6.45, 7) is -0.920. The fourth-order valence-corrected chi connectivity index (χ4v) is 3.36. The van der Waals surface area contributed by atoms with Crippen LogP contribution in [-0.2, 0) is 25.2 Å². The Hall–Kier alpha value is -2.27. The Balaban J connectivity index is 2.13. The Morgan fingerprint density at radius 1 is 1.07 bits per heavy atom. The van der Waals surface area contributed by atoms with Gasteiger partial charge in [-0.3, -0.25) is 0 Å². The molecule has 0 fully saturated rings. The minimum absolute atomic E-state index is 0.0109. The molecule has 0 spiro atoms. The Morgan fingerprint density at radius 2 is 1.76 bits per heavy atom. The van der Waals surface area contributed by atoms with E-state index >= 15 is 0 Å². The Labute approximate surface area is 162 Å². The van der Waals surface area contributed by atoms with Crippen LogP contribution in [0, 0.1) is 0 Å². The largest absolute Gasteiger partial charge is 0.435 e. The summed E-state index contributed by atoms with van der Waals surface area (Å²) in [4.78, 5) is 0. The molecular weight excluding hydrogens is 404 g/mol. The summed E-state index contributed by atoms with van der Waals surface area (Å²) in [5, 5.41) is 24.7. The number of aromatic nitrogens is 2. The molecule has 0 amide bonds. The summed E-state index contributed by atoms with van der Waals surface area (Å²) < 4.78 is 80.6. The fourth-order valence-electron chi connectivity index (χ4n) is 3.36. The number of benzene rings is 1. The van der Waals surface area contributed by atoms with Crippen LogP contribution < -0.4 is 5.32 Å². The Morgan fingerprint density at radius 3 is 2.38 bits per heavy atom. The predicted octanol–water partition coefficient (Wildman–Crippen LogP) is 3.55. The molecule has 0 radical (unpaired) electrons. The van der Waals surface area contributed by atoms with E-state index in [2.05, 4.69) is 10.4 Å². The van der Waals surface area contributed by atoms with Gasteiger partial charge in [-0.1, -0.05) is 0 Å². The van der Waals surface area contributed by atoms with Crippen LogP contribution in [0.4, 0.5) is 32.0 Å². The van der Waals surface area contributed by atoms with Gasteiger partial charge in [0, 0.05) is 17.8 Å². The van der Waals surface area contributed by atoms with Crippen molar-refractivity contribution < 1.29 is 36.6 Å². The lowest BCUT2D eigenvalue weighted by Gasteiger charge is -2.19. The van der Waals surface area contributed by atoms with Crippen LogP contribution in [-0.4, -0.2) is 39.2 Å². The van der Waals surface area contributed by atoms with Gasteiger partial charge in [-0.05, 0) is 43.9 Å². The molecule has 3 N–H and O–H groups in total. The Bertz CT molecular complexity index is 876. The number of anilines is 1. The average Bonchev–Trinajstić information content (AvgIpc) is 3.05. The zero-order valence-electron chi connectivity index (χ0n) is 15.1. The molecule has 1 aliphatic carbocycles. The molecule has 2 aromatic rings. The van der Waals surface area contributed by atoms with Crippen LogP contribution in [0.2, 0.25) is 0 Å². The van der Waals surface area contributed by atoms with Crippen molar-refractivity contribution in [2.75, 3.05) is 18.5 Å². The van der Waals surface area contributed by atoms with Gasteiger partial charge in [-0.2, -0.15) is 31.4 Å². The number of halogens is 6. The number of aliphatic hydroxyl groups excluding tert-OH is 2. The van der Waals surface area contributed by atoms with E-state index in [0.29, 0.717) is 25.0 Å². The molecule has 160 valence electrons. The highest BCUT2D eigenvalue weighted by molar-refractivity contribution is 5.63. The molecule has 5 nitrogen and oxygen atoms in total. The van der Waals surface area contributed by atoms with Gasteiger partial charge < -0.3 is 15.5 Å². The van der Waals surface area contributed by atoms with Gasteiger partial charge in [-0.15, -0.1) is 0 Å². The van der Waals surface area contributed by atoms with Crippen molar-refractivity contribution in [3.05, 3.63) is 40.7 Å². The zero-order chi connectivity index (χ0) is 21.4. The van der Waals surface area contributed by atoms with E-state index in [-0.39, 0.29) is 29.9 Å². The van der Waals surface area contributed by atoms with Crippen molar-refractivity contribution >= 4 is 5.69 Å². The zero-order valence-corrected chi connectivity index (χ0v) is 15.1. The molecule has 0 saturated carbocycles. The lowest BCUT2D eigenvalue weighted by atomic mass is 9.95. The second-order valence-electron chi connectivity index (χ2n) is 6.84. The molecule has 0 saturated heterocycles. The van der Waals surface area contributed by atoms with E-state index in [0.717, 1.165) is 22.9 Å². The topological polar surface area (TPSA) is 70.3 Å². The third-order valence-corrected chi connectivity index (χ3v) is 4.74. The van der Waals surface area contributed by atoms with E-state index in [9.17, 15) is 31.4 Å². The van der Waals surface area contributed by atoms with E-state index < -0.39 is 36.3 Å². The van der Waals surface area contributed by atoms with Crippen LogP contribution in [0.3, 0.4) is 0 Å². The van der Waals surface area contributed by atoms with E-state index in [1.807, 2.05) is 0 Å². The molecule has 1 unspecified atom stereocenters. The number of nitrogens with one attached hydrogen (secondary N) is 1. The molecule has 1 aromatic heterocycles. The minimum Gasteiger partial charge on any atom is -0.394 e. The highest BCUT2D eigenvalue weighted by Gasteiger charge is 2.40. The van der Waals surface area contributed by atoms with Crippen molar-refractivity contribution in [1.29, 1.82) is 0 Å². The number of rotatable bonds is 5. The third kappa shape index (κ3) is 4.50. The normalized spacial score (nSPS) is 15.9. The van der Waals surface area contributed by atoms with E-state index in [1.54, 1.807) is 0 Å². The van der Waals surface area contributed by atoms with Crippen molar-refractivity contribution in [3.63, 3.8) is 0 Å². The number of fused-ring (bicyclic) bond motifs is 1. The smallest absolute Gasteiger partial charge is 0.394 e. The molecule has 1 aromatic carbocycles. The average molecular weight is 423 g/mol. The van der Waals surface area contributed by atoms with Gasteiger partial charge in [0.1, 0.15) is 0 Å². The molecular formula is C18H19F6N3O2. The molecule has 11 heteroatoms. The van der Waals surface area contributed by atoms with Gasteiger partial charge in [0.25, 0.3) is 0 Å². The van der Waals surface area contributed by atoms with E-state index in [1.165, 1.54) is 0 Å². The first-order valence-corrected chi connectivity index (χ1v) is 8.94. The first-order valence-electron chi connectivity index (χ1n) is 8.94. The molecule has 1 aliphatic rings. The summed E-state index contributed by atoms with van der Waals surface area (Å²) in [5.41, 5.74) is -1.79. The van der Waals surface area contributed by atoms with E-state index in [4.69, 9.17) is 5.11 Å². The summed E-state index contributed by atoms with van der Waals surface area (Å²) in [5.74, 6) is 0. The van der Waals surface area contributed by atoms with Crippen molar-refractivity contribution in [2.45, 2.75) is 44.1 Å². The summed E-state index contributed by atoms with van der Waals surface area (Å²) in [6, 6.07) is 2.58. The summed E-state index contributed by atoms with van der Waals surface area (Å²) in [7, 11) is 0. The fraction of sp³-hybridized carbons (Fsp3) is 0.500. The summed E-state index contributed by atoms with van der Waals surface area (Å²) >= 11 is 0. The molecule has 1 atom stereocenters. The summed E-state index contributed by atoms with van der Waals surface area (Å²) in [6.07, 6.45) is -8.88. The number of hydrogen-bond donors (Lipinski definition) is 3. The van der Waals surface area contributed by atoms with Gasteiger partial charge >= 0.3 is 12.4 Å². The van der Waals surface area contributed by atoms with Crippen LogP contribution in [0.25, 0.3) is 5.69 Å². The predicted molar refractivity (Wildman–Crippen MR) is 91.8 cm³/mol. The van der Waals surface area contributed by atoms with Crippen LogP contribution in [0.15, 0.2) is 18.2 Å². The first-order chi connectivity index (χ1) is 13.5. The van der Waals surface area contributed by atoms with Crippen LogP contribution in [0.1, 0.15) is 35.4 Å². The third-order valence-electron chi connectivity index (χ3n) is 4.74. The van der Waals surface area contributed by atoms with Gasteiger partial charge in [0.05, 0.1) is 29.6 Å². The molecule has 0 bridgehead atoms. The number of alkyl halides is 6. The molecule has 3 rings (SSSR count). The van der Waals surface area contributed by atoms with Crippen molar-refractivity contribution in [3.8, 4) is 5.69 Å². The lowest BCUT2D eigenvalue weighted by molar-refractivity contribution is -0.142. The maximum Gasteiger partial charge on any atom is 0.435 e. The Kier molecular flexibility index (Phi) is 5.81.